The van der Waals surface area contributed by atoms with Crippen molar-refractivity contribution in [2.24, 2.45) is 4.40 Å². The van der Waals surface area contributed by atoms with Gasteiger partial charge in [-0.1, -0.05) is 30.3 Å². The molecule has 25 heavy (non-hydrogen) atoms. The lowest BCUT2D eigenvalue weighted by Gasteiger charge is -2.07. The first-order chi connectivity index (χ1) is 12.0. The highest BCUT2D eigenvalue weighted by atomic mass is 32.2. The highest BCUT2D eigenvalue weighted by molar-refractivity contribution is 7.90. The molecular formula is C18H13N3O3S. The summed E-state index contributed by atoms with van der Waals surface area (Å²) in [4.78, 5) is 17.0. The minimum atomic E-state index is -3.77. The summed E-state index contributed by atoms with van der Waals surface area (Å²) in [5, 5.41) is 3.53. The third kappa shape index (κ3) is 2.58. The quantitative estimate of drug-likeness (QED) is 0.729. The number of aromatic nitrogens is 1. The van der Waals surface area contributed by atoms with Crippen LogP contribution in [-0.2, 0) is 10.0 Å². The summed E-state index contributed by atoms with van der Waals surface area (Å²) < 4.78 is 27.8. The molecule has 1 N–H and O–H groups in total. The van der Waals surface area contributed by atoms with Gasteiger partial charge in [-0.25, -0.2) is 4.98 Å². The maximum absolute atomic E-state index is 12.6. The Morgan fingerprint density at radius 3 is 2.60 bits per heavy atom. The highest BCUT2D eigenvalue weighted by Crippen LogP contribution is 2.25. The Kier molecular flexibility index (Phi) is 3.40. The SMILES string of the molecule is Cc1cc(C(=O)NC2=NS(=O)(=O)c3ccccc32)nc2ccccc12. The van der Waals surface area contributed by atoms with Crippen LogP contribution < -0.4 is 5.32 Å². The molecule has 6 nitrogen and oxygen atoms in total. The van der Waals surface area contributed by atoms with Crippen LogP contribution in [0.25, 0.3) is 10.9 Å². The molecular weight excluding hydrogens is 338 g/mol. The van der Waals surface area contributed by atoms with Crippen LogP contribution in [0.4, 0.5) is 0 Å². The Labute approximate surface area is 144 Å². The van der Waals surface area contributed by atoms with Gasteiger partial charge in [0.15, 0.2) is 5.84 Å². The van der Waals surface area contributed by atoms with Crippen molar-refractivity contribution < 1.29 is 13.2 Å². The Balaban J connectivity index is 1.72. The minimum Gasteiger partial charge on any atom is -0.304 e. The van der Waals surface area contributed by atoms with Gasteiger partial charge in [-0.2, -0.15) is 8.42 Å². The van der Waals surface area contributed by atoms with E-state index in [0.29, 0.717) is 11.1 Å². The molecule has 1 aliphatic heterocycles. The summed E-state index contributed by atoms with van der Waals surface area (Å²) in [6, 6.07) is 15.6. The van der Waals surface area contributed by atoms with Gasteiger partial charge < -0.3 is 5.32 Å². The number of amidine groups is 1. The maximum Gasteiger partial charge on any atom is 0.285 e. The Bertz CT molecular complexity index is 1170. The number of nitrogens with one attached hydrogen (secondary N) is 1. The van der Waals surface area contributed by atoms with E-state index in [-0.39, 0.29) is 16.4 Å². The molecule has 0 fully saturated rings. The van der Waals surface area contributed by atoms with Gasteiger partial charge in [0.1, 0.15) is 10.6 Å². The fourth-order valence-electron chi connectivity index (χ4n) is 2.83. The van der Waals surface area contributed by atoms with E-state index in [1.54, 1.807) is 24.3 Å². The number of amides is 1. The zero-order chi connectivity index (χ0) is 17.6. The predicted molar refractivity (Wildman–Crippen MR) is 94.1 cm³/mol. The fraction of sp³-hybridized carbons (Fsp3) is 0.0556. The van der Waals surface area contributed by atoms with Gasteiger partial charge in [0.2, 0.25) is 0 Å². The topological polar surface area (TPSA) is 88.5 Å². The van der Waals surface area contributed by atoms with Crippen LogP contribution >= 0.6 is 0 Å². The third-order valence-electron chi connectivity index (χ3n) is 4.02. The summed E-state index contributed by atoms with van der Waals surface area (Å²) in [5.74, 6) is -0.479. The van der Waals surface area contributed by atoms with Crippen LogP contribution in [-0.4, -0.2) is 25.1 Å². The van der Waals surface area contributed by atoms with Crippen LogP contribution in [0, 0.1) is 6.92 Å². The average molecular weight is 351 g/mol. The van der Waals surface area contributed by atoms with E-state index in [2.05, 4.69) is 14.7 Å². The molecule has 2 aromatic carbocycles. The molecule has 0 unspecified atom stereocenters. The summed E-state index contributed by atoms with van der Waals surface area (Å²) in [5.41, 5.74) is 2.21. The Morgan fingerprint density at radius 1 is 1.04 bits per heavy atom. The molecule has 1 aliphatic rings. The van der Waals surface area contributed by atoms with E-state index >= 15 is 0 Å². The average Bonchev–Trinajstić information content (AvgIpc) is 2.86. The van der Waals surface area contributed by atoms with Gasteiger partial charge in [0.25, 0.3) is 15.9 Å². The van der Waals surface area contributed by atoms with Crippen molar-refractivity contribution in [3.8, 4) is 0 Å². The van der Waals surface area contributed by atoms with E-state index in [0.717, 1.165) is 10.9 Å². The first-order valence-electron chi connectivity index (χ1n) is 7.58. The molecule has 0 aliphatic carbocycles. The van der Waals surface area contributed by atoms with Crippen molar-refractivity contribution in [3.05, 3.63) is 71.4 Å². The monoisotopic (exact) mass is 351 g/mol. The van der Waals surface area contributed by atoms with Gasteiger partial charge in [-0.3, -0.25) is 4.79 Å². The van der Waals surface area contributed by atoms with Crippen LogP contribution in [0.2, 0.25) is 0 Å². The number of para-hydroxylation sites is 1. The summed E-state index contributed by atoms with van der Waals surface area (Å²) in [7, 11) is -3.77. The number of pyridine rings is 1. The fourth-order valence-corrected chi connectivity index (χ4v) is 4.01. The van der Waals surface area contributed by atoms with Gasteiger partial charge in [0, 0.05) is 10.9 Å². The van der Waals surface area contributed by atoms with Crippen molar-refractivity contribution in [2.75, 3.05) is 0 Å². The molecule has 0 atom stereocenters. The normalized spacial score (nSPS) is 14.8. The zero-order valence-electron chi connectivity index (χ0n) is 13.2. The number of nitrogens with zero attached hydrogens (tertiary/aromatic N) is 2. The standard InChI is InChI=1S/C18H13N3O3S/c1-11-10-15(19-14-8-4-2-6-12(11)14)18(22)20-17-13-7-3-5-9-16(13)25(23,24)21-17/h2-10H,1H3,(H,20,21,22). The van der Waals surface area contributed by atoms with E-state index in [1.165, 1.54) is 6.07 Å². The lowest BCUT2D eigenvalue weighted by Crippen LogP contribution is -2.31. The molecule has 1 aromatic heterocycles. The summed E-state index contributed by atoms with van der Waals surface area (Å²) in [6.45, 7) is 1.90. The number of aryl methyl sites for hydroxylation is 1. The number of hydrogen-bond donors (Lipinski definition) is 1. The number of carbonyl (C=O) groups is 1. The Morgan fingerprint density at radius 2 is 1.76 bits per heavy atom. The highest BCUT2D eigenvalue weighted by Gasteiger charge is 2.29. The zero-order valence-corrected chi connectivity index (χ0v) is 14.0. The minimum absolute atomic E-state index is 0.0215. The first-order valence-corrected chi connectivity index (χ1v) is 9.02. The second-order valence-electron chi connectivity index (χ2n) is 5.71. The number of fused-ring (bicyclic) bond motifs is 2. The second kappa shape index (κ2) is 5.49. The predicted octanol–water partition coefficient (Wildman–Crippen LogP) is 2.42. The maximum atomic E-state index is 12.6. The number of sulfonamides is 1. The van der Waals surface area contributed by atoms with Crippen LogP contribution in [0.5, 0.6) is 0 Å². The lowest BCUT2D eigenvalue weighted by molar-refractivity contribution is 0.0972. The van der Waals surface area contributed by atoms with Crippen LogP contribution in [0.1, 0.15) is 21.6 Å². The molecule has 3 aromatic rings. The molecule has 7 heteroatoms. The van der Waals surface area contributed by atoms with E-state index < -0.39 is 15.9 Å². The van der Waals surface area contributed by atoms with Crippen molar-refractivity contribution in [1.82, 2.24) is 10.3 Å². The van der Waals surface area contributed by atoms with Crippen LogP contribution in [0.15, 0.2) is 63.9 Å². The summed E-state index contributed by atoms with van der Waals surface area (Å²) >= 11 is 0. The largest absolute Gasteiger partial charge is 0.304 e. The Hall–Kier alpha value is -3.06. The number of benzene rings is 2. The smallest absolute Gasteiger partial charge is 0.285 e. The number of rotatable bonds is 1. The van der Waals surface area contributed by atoms with Crippen LogP contribution in [0.3, 0.4) is 0 Å². The van der Waals surface area contributed by atoms with Gasteiger partial charge in [-0.15, -0.1) is 4.40 Å². The van der Waals surface area contributed by atoms with Crippen molar-refractivity contribution >= 4 is 32.7 Å². The van der Waals surface area contributed by atoms with E-state index in [1.807, 2.05) is 31.2 Å². The molecule has 4 rings (SSSR count). The number of carbonyl (C=O) groups excluding carboxylic acids is 1. The van der Waals surface area contributed by atoms with Crippen molar-refractivity contribution in [2.45, 2.75) is 11.8 Å². The summed E-state index contributed by atoms with van der Waals surface area (Å²) in [6.07, 6.45) is 0. The van der Waals surface area contributed by atoms with Crippen molar-refractivity contribution in [1.29, 1.82) is 0 Å². The molecule has 0 saturated carbocycles. The van der Waals surface area contributed by atoms with Gasteiger partial charge in [-0.05, 0) is 36.8 Å². The van der Waals surface area contributed by atoms with Gasteiger partial charge in [0.05, 0.1) is 5.52 Å². The molecule has 2 heterocycles. The van der Waals surface area contributed by atoms with E-state index in [4.69, 9.17) is 0 Å². The number of hydrogen-bond acceptors (Lipinski definition) is 4. The van der Waals surface area contributed by atoms with Gasteiger partial charge >= 0.3 is 0 Å². The molecule has 0 bridgehead atoms. The molecule has 0 saturated heterocycles. The molecule has 0 spiro atoms. The molecule has 0 radical (unpaired) electrons. The van der Waals surface area contributed by atoms with E-state index in [9.17, 15) is 13.2 Å². The second-order valence-corrected chi connectivity index (χ2v) is 7.28. The lowest BCUT2D eigenvalue weighted by atomic mass is 10.1. The molecule has 124 valence electrons. The first kappa shape index (κ1) is 15.5. The van der Waals surface area contributed by atoms with Crippen molar-refractivity contribution in [3.63, 3.8) is 0 Å². The molecule has 1 amide bonds. The third-order valence-corrected chi connectivity index (χ3v) is 5.35.